The Morgan fingerprint density at radius 3 is 1.64 bits per heavy atom. The molecule has 0 fully saturated rings. The van der Waals surface area contributed by atoms with Crippen molar-refractivity contribution in [3.8, 4) is 22.3 Å². The highest BCUT2D eigenvalue weighted by molar-refractivity contribution is 5.72. The van der Waals surface area contributed by atoms with Crippen LogP contribution in [-0.2, 0) is 6.18 Å². The van der Waals surface area contributed by atoms with Gasteiger partial charge in [-0.05, 0) is 28.3 Å². The van der Waals surface area contributed by atoms with E-state index in [9.17, 15) is 13.2 Å². The van der Waals surface area contributed by atoms with E-state index in [0.29, 0.717) is 5.56 Å². The molecular weight excluding hydrogens is 285 g/mol. The van der Waals surface area contributed by atoms with E-state index in [1.165, 1.54) is 12.1 Å². The Balaban J connectivity index is 2.01. The molecule has 0 aliphatic heterocycles. The Morgan fingerprint density at radius 1 is 0.500 bits per heavy atom. The van der Waals surface area contributed by atoms with Crippen LogP contribution >= 0.6 is 0 Å². The van der Waals surface area contributed by atoms with Crippen molar-refractivity contribution in [2.75, 3.05) is 0 Å². The number of rotatable bonds is 2. The largest absolute Gasteiger partial charge is 0.417 e. The van der Waals surface area contributed by atoms with Crippen molar-refractivity contribution in [3.05, 3.63) is 84.4 Å². The number of benzene rings is 3. The van der Waals surface area contributed by atoms with Crippen molar-refractivity contribution >= 4 is 0 Å². The smallest absolute Gasteiger partial charge is 0.166 e. The third-order valence-electron chi connectivity index (χ3n) is 3.54. The van der Waals surface area contributed by atoms with Crippen LogP contribution in [0.4, 0.5) is 13.2 Å². The quantitative estimate of drug-likeness (QED) is 0.541. The molecule has 22 heavy (non-hydrogen) atoms. The fourth-order valence-electron chi connectivity index (χ4n) is 2.45. The average molecular weight is 298 g/mol. The fourth-order valence-corrected chi connectivity index (χ4v) is 2.45. The first-order valence-corrected chi connectivity index (χ1v) is 6.88. The van der Waals surface area contributed by atoms with Crippen LogP contribution in [0.15, 0.2) is 78.9 Å². The van der Waals surface area contributed by atoms with Crippen LogP contribution in [0.25, 0.3) is 22.3 Å². The van der Waals surface area contributed by atoms with Gasteiger partial charge in [-0.25, -0.2) is 0 Å². The number of halogens is 3. The van der Waals surface area contributed by atoms with E-state index in [1.807, 2.05) is 42.5 Å². The molecule has 0 unspecified atom stereocenters. The highest BCUT2D eigenvalue weighted by Crippen LogP contribution is 2.37. The SMILES string of the molecule is FC(F)(F)c1ccccc1-c1ccc(-c2ccccc2)cc1. The summed E-state index contributed by atoms with van der Waals surface area (Å²) >= 11 is 0. The summed E-state index contributed by atoms with van der Waals surface area (Å²) in [5.41, 5.74) is 2.18. The average Bonchev–Trinajstić information content (AvgIpc) is 2.55. The van der Waals surface area contributed by atoms with Gasteiger partial charge in [0, 0.05) is 0 Å². The maximum absolute atomic E-state index is 13.1. The van der Waals surface area contributed by atoms with Gasteiger partial charge < -0.3 is 0 Å². The Hall–Kier alpha value is -2.55. The van der Waals surface area contributed by atoms with Crippen LogP contribution in [0.2, 0.25) is 0 Å². The topological polar surface area (TPSA) is 0 Å². The van der Waals surface area contributed by atoms with Crippen LogP contribution in [0.3, 0.4) is 0 Å². The van der Waals surface area contributed by atoms with Gasteiger partial charge in [0.25, 0.3) is 0 Å². The Kier molecular flexibility index (Phi) is 3.72. The zero-order valence-corrected chi connectivity index (χ0v) is 11.6. The van der Waals surface area contributed by atoms with E-state index < -0.39 is 11.7 Å². The molecule has 0 bridgehead atoms. The van der Waals surface area contributed by atoms with Crippen molar-refractivity contribution in [2.24, 2.45) is 0 Å². The molecule has 0 saturated carbocycles. The summed E-state index contributed by atoms with van der Waals surface area (Å²) in [4.78, 5) is 0. The normalized spacial score (nSPS) is 11.4. The molecule has 0 radical (unpaired) electrons. The molecule has 0 saturated heterocycles. The van der Waals surface area contributed by atoms with Gasteiger partial charge >= 0.3 is 6.18 Å². The zero-order valence-electron chi connectivity index (χ0n) is 11.6. The first-order valence-electron chi connectivity index (χ1n) is 6.88. The molecule has 0 spiro atoms. The van der Waals surface area contributed by atoms with Crippen LogP contribution in [-0.4, -0.2) is 0 Å². The standard InChI is InChI=1S/C19H13F3/c20-19(21,22)18-9-5-4-8-17(18)16-12-10-15(11-13-16)14-6-2-1-3-7-14/h1-13H. The predicted molar refractivity (Wildman–Crippen MR) is 82.3 cm³/mol. The van der Waals surface area contributed by atoms with Gasteiger partial charge in [-0.15, -0.1) is 0 Å². The second-order valence-corrected chi connectivity index (χ2v) is 4.99. The molecule has 0 aromatic heterocycles. The van der Waals surface area contributed by atoms with Gasteiger partial charge in [0.1, 0.15) is 0 Å². The molecule has 0 heterocycles. The highest BCUT2D eigenvalue weighted by atomic mass is 19.4. The summed E-state index contributed by atoms with van der Waals surface area (Å²) in [6.07, 6.45) is -4.35. The van der Waals surface area contributed by atoms with Crippen molar-refractivity contribution in [3.63, 3.8) is 0 Å². The first kappa shape index (κ1) is 14.4. The van der Waals surface area contributed by atoms with E-state index in [4.69, 9.17) is 0 Å². The fraction of sp³-hybridized carbons (Fsp3) is 0.0526. The second kappa shape index (κ2) is 5.68. The third-order valence-corrected chi connectivity index (χ3v) is 3.54. The molecule has 0 aliphatic rings. The summed E-state index contributed by atoms with van der Waals surface area (Å²) in [5.74, 6) is 0. The number of alkyl halides is 3. The first-order chi connectivity index (χ1) is 10.6. The molecule has 3 heteroatoms. The number of hydrogen-bond acceptors (Lipinski definition) is 0. The van der Waals surface area contributed by atoms with Crippen LogP contribution < -0.4 is 0 Å². The maximum atomic E-state index is 13.1. The lowest BCUT2D eigenvalue weighted by Crippen LogP contribution is -2.06. The van der Waals surface area contributed by atoms with E-state index in [1.54, 1.807) is 18.2 Å². The molecule has 0 aliphatic carbocycles. The summed E-state index contributed by atoms with van der Waals surface area (Å²) in [7, 11) is 0. The summed E-state index contributed by atoms with van der Waals surface area (Å²) in [6.45, 7) is 0. The van der Waals surface area contributed by atoms with Crippen molar-refractivity contribution < 1.29 is 13.2 Å². The molecular formula is C19H13F3. The molecule has 3 aromatic rings. The van der Waals surface area contributed by atoms with Gasteiger partial charge in [0.05, 0.1) is 5.56 Å². The Labute approximate surface area is 126 Å². The van der Waals surface area contributed by atoms with E-state index in [-0.39, 0.29) is 5.56 Å². The minimum absolute atomic E-state index is 0.203. The Morgan fingerprint density at radius 2 is 1.00 bits per heavy atom. The van der Waals surface area contributed by atoms with Gasteiger partial charge in [-0.1, -0.05) is 72.8 Å². The molecule has 0 atom stereocenters. The Bertz CT molecular complexity index is 757. The van der Waals surface area contributed by atoms with Gasteiger partial charge in [0.15, 0.2) is 0 Å². The van der Waals surface area contributed by atoms with E-state index in [2.05, 4.69) is 0 Å². The minimum Gasteiger partial charge on any atom is -0.166 e. The van der Waals surface area contributed by atoms with Gasteiger partial charge in [-0.2, -0.15) is 13.2 Å². The third kappa shape index (κ3) is 2.89. The lowest BCUT2D eigenvalue weighted by molar-refractivity contribution is -0.137. The molecule has 3 rings (SSSR count). The van der Waals surface area contributed by atoms with Crippen molar-refractivity contribution in [1.82, 2.24) is 0 Å². The van der Waals surface area contributed by atoms with Crippen LogP contribution in [0.5, 0.6) is 0 Å². The lowest BCUT2D eigenvalue weighted by Gasteiger charge is -2.13. The summed E-state index contributed by atoms with van der Waals surface area (Å²) in [6, 6.07) is 22.5. The molecule has 0 nitrogen and oxygen atoms in total. The second-order valence-electron chi connectivity index (χ2n) is 4.99. The predicted octanol–water partition coefficient (Wildman–Crippen LogP) is 6.04. The van der Waals surface area contributed by atoms with Crippen molar-refractivity contribution in [1.29, 1.82) is 0 Å². The van der Waals surface area contributed by atoms with Crippen LogP contribution in [0.1, 0.15) is 5.56 Å². The molecule has 3 aromatic carbocycles. The highest BCUT2D eigenvalue weighted by Gasteiger charge is 2.33. The molecule has 110 valence electrons. The van der Waals surface area contributed by atoms with E-state index in [0.717, 1.165) is 17.2 Å². The zero-order chi connectivity index (χ0) is 15.6. The maximum Gasteiger partial charge on any atom is 0.417 e. The molecule has 0 amide bonds. The minimum atomic E-state index is -4.35. The molecule has 0 N–H and O–H groups in total. The summed E-state index contributed by atoms with van der Waals surface area (Å²) < 4.78 is 39.2. The van der Waals surface area contributed by atoms with Crippen molar-refractivity contribution in [2.45, 2.75) is 6.18 Å². The van der Waals surface area contributed by atoms with E-state index >= 15 is 0 Å². The lowest BCUT2D eigenvalue weighted by atomic mass is 9.97. The summed E-state index contributed by atoms with van der Waals surface area (Å²) in [5, 5.41) is 0. The number of hydrogen-bond donors (Lipinski definition) is 0. The van der Waals surface area contributed by atoms with Gasteiger partial charge in [0.2, 0.25) is 0 Å². The monoisotopic (exact) mass is 298 g/mol. The van der Waals surface area contributed by atoms with Gasteiger partial charge in [-0.3, -0.25) is 0 Å². The van der Waals surface area contributed by atoms with Crippen LogP contribution in [0, 0.1) is 0 Å².